The SMILES string of the molecule is CC(=O)c1nc2ccccc2n([C@H]2C[C@H]3CCC[C@@H](C2)N3CC[C@@H]2CC[C@H]3C[C@@H]2C3(C)C)c1=O. The molecule has 5 fully saturated rings. The first kappa shape index (κ1) is 22.5. The molecule has 3 saturated carbocycles. The second-order valence-corrected chi connectivity index (χ2v) is 12.3. The Balaban J connectivity index is 1.24. The van der Waals surface area contributed by atoms with Gasteiger partial charge in [0.25, 0.3) is 5.56 Å². The Morgan fingerprint density at radius 1 is 1.03 bits per heavy atom. The average molecular weight is 462 g/mol. The van der Waals surface area contributed by atoms with E-state index in [0.29, 0.717) is 17.5 Å². The lowest BCUT2D eigenvalue weighted by molar-refractivity contribution is -0.111. The van der Waals surface area contributed by atoms with Gasteiger partial charge < -0.3 is 4.57 Å². The lowest BCUT2D eigenvalue weighted by atomic mass is 9.45. The summed E-state index contributed by atoms with van der Waals surface area (Å²) in [7, 11) is 0. The molecule has 5 heteroatoms. The van der Waals surface area contributed by atoms with E-state index >= 15 is 0 Å². The molecule has 2 saturated heterocycles. The largest absolute Gasteiger partial charge is 0.302 e. The van der Waals surface area contributed by atoms with Crippen LogP contribution < -0.4 is 5.56 Å². The van der Waals surface area contributed by atoms with Gasteiger partial charge in [-0.05, 0) is 93.2 Å². The molecule has 182 valence electrons. The maximum Gasteiger partial charge on any atom is 0.280 e. The number of aromatic nitrogens is 2. The van der Waals surface area contributed by atoms with Crippen molar-refractivity contribution in [2.24, 2.45) is 23.2 Å². The Labute approximate surface area is 202 Å². The van der Waals surface area contributed by atoms with Crippen LogP contribution in [0.2, 0.25) is 0 Å². The summed E-state index contributed by atoms with van der Waals surface area (Å²) in [5.74, 6) is 2.55. The molecule has 0 amide bonds. The van der Waals surface area contributed by atoms with Crippen molar-refractivity contribution < 1.29 is 4.79 Å². The summed E-state index contributed by atoms with van der Waals surface area (Å²) in [6.45, 7) is 7.68. The van der Waals surface area contributed by atoms with Gasteiger partial charge in [-0.3, -0.25) is 14.5 Å². The number of hydrogen-bond acceptors (Lipinski definition) is 4. The van der Waals surface area contributed by atoms with Crippen molar-refractivity contribution >= 4 is 16.8 Å². The van der Waals surface area contributed by atoms with Crippen LogP contribution in [-0.2, 0) is 0 Å². The normalized spacial score (nSPS) is 34.6. The zero-order chi connectivity index (χ0) is 23.6. The molecule has 34 heavy (non-hydrogen) atoms. The molecule has 0 unspecified atom stereocenters. The number of benzene rings is 1. The fourth-order valence-electron chi connectivity index (χ4n) is 8.39. The number of fused-ring (bicyclic) bond motifs is 5. The highest BCUT2D eigenvalue weighted by Crippen LogP contribution is 2.62. The van der Waals surface area contributed by atoms with Gasteiger partial charge >= 0.3 is 0 Å². The first-order chi connectivity index (χ1) is 16.3. The van der Waals surface area contributed by atoms with Crippen molar-refractivity contribution in [2.75, 3.05) is 6.54 Å². The highest BCUT2D eigenvalue weighted by molar-refractivity contribution is 5.93. The van der Waals surface area contributed by atoms with Gasteiger partial charge in [-0.1, -0.05) is 32.4 Å². The van der Waals surface area contributed by atoms with Gasteiger partial charge in [0.1, 0.15) is 0 Å². The topological polar surface area (TPSA) is 55.2 Å². The lowest BCUT2D eigenvalue weighted by Crippen LogP contribution is -2.55. The number of carbonyl (C=O) groups excluding carboxylic acids is 1. The van der Waals surface area contributed by atoms with Crippen LogP contribution in [0.4, 0.5) is 0 Å². The van der Waals surface area contributed by atoms with Crippen LogP contribution in [0.1, 0.15) is 95.1 Å². The van der Waals surface area contributed by atoms with E-state index in [-0.39, 0.29) is 23.1 Å². The van der Waals surface area contributed by atoms with Crippen LogP contribution in [-0.4, -0.2) is 38.9 Å². The summed E-state index contributed by atoms with van der Waals surface area (Å²) in [6, 6.07) is 9.05. The van der Waals surface area contributed by atoms with E-state index in [1.54, 1.807) is 0 Å². The lowest BCUT2D eigenvalue weighted by Gasteiger charge is -2.60. The first-order valence-electron chi connectivity index (χ1n) is 13.6. The fourth-order valence-corrected chi connectivity index (χ4v) is 8.39. The van der Waals surface area contributed by atoms with E-state index in [1.807, 2.05) is 28.8 Å². The van der Waals surface area contributed by atoms with Crippen LogP contribution in [0.25, 0.3) is 11.0 Å². The van der Waals surface area contributed by atoms with Crippen molar-refractivity contribution in [1.29, 1.82) is 0 Å². The minimum atomic E-state index is -0.240. The molecule has 3 aliphatic carbocycles. The van der Waals surface area contributed by atoms with E-state index in [1.165, 1.54) is 58.4 Å². The van der Waals surface area contributed by atoms with E-state index < -0.39 is 0 Å². The van der Waals surface area contributed by atoms with Crippen LogP contribution in [0.5, 0.6) is 0 Å². The Kier molecular flexibility index (Phi) is 5.47. The third-order valence-electron chi connectivity index (χ3n) is 10.4. The number of para-hydroxylation sites is 2. The smallest absolute Gasteiger partial charge is 0.280 e. The molecule has 7 rings (SSSR count). The van der Waals surface area contributed by atoms with Crippen LogP contribution >= 0.6 is 0 Å². The third kappa shape index (κ3) is 3.49. The van der Waals surface area contributed by atoms with Crippen molar-refractivity contribution in [1.82, 2.24) is 14.5 Å². The molecule has 4 bridgehead atoms. The molecule has 1 aromatic heterocycles. The Bertz CT molecular complexity index is 1150. The second kappa shape index (κ2) is 8.29. The number of carbonyl (C=O) groups is 1. The van der Waals surface area contributed by atoms with Gasteiger partial charge in [-0.2, -0.15) is 0 Å². The summed E-state index contributed by atoms with van der Waals surface area (Å²) in [6.07, 6.45) is 11.4. The zero-order valence-electron chi connectivity index (χ0n) is 21.0. The summed E-state index contributed by atoms with van der Waals surface area (Å²) in [5, 5.41) is 0. The quantitative estimate of drug-likeness (QED) is 0.542. The predicted octanol–water partition coefficient (Wildman–Crippen LogP) is 5.62. The second-order valence-electron chi connectivity index (χ2n) is 12.3. The predicted molar refractivity (Wildman–Crippen MR) is 135 cm³/mol. The number of hydrogen-bond donors (Lipinski definition) is 0. The Morgan fingerprint density at radius 3 is 2.44 bits per heavy atom. The summed E-state index contributed by atoms with van der Waals surface area (Å²) in [4.78, 5) is 32.9. The molecule has 0 radical (unpaired) electrons. The van der Waals surface area contributed by atoms with E-state index in [0.717, 1.165) is 41.6 Å². The molecule has 2 aliphatic heterocycles. The fraction of sp³-hybridized carbons (Fsp3) is 0.690. The monoisotopic (exact) mass is 461 g/mol. The van der Waals surface area contributed by atoms with Gasteiger partial charge in [0, 0.05) is 25.0 Å². The van der Waals surface area contributed by atoms with Crippen LogP contribution in [0.15, 0.2) is 29.1 Å². The number of Topliss-reactive ketones (excluding diaryl/α,β-unsaturated/α-hetero) is 1. The van der Waals surface area contributed by atoms with E-state index in [9.17, 15) is 9.59 Å². The summed E-state index contributed by atoms with van der Waals surface area (Å²) < 4.78 is 1.93. The molecule has 5 aliphatic rings. The highest BCUT2D eigenvalue weighted by Gasteiger charge is 2.54. The van der Waals surface area contributed by atoms with Crippen LogP contribution in [0.3, 0.4) is 0 Å². The molecule has 1 aromatic carbocycles. The van der Waals surface area contributed by atoms with Crippen molar-refractivity contribution in [3.8, 4) is 0 Å². The summed E-state index contributed by atoms with van der Waals surface area (Å²) >= 11 is 0. The molecule has 0 spiro atoms. The third-order valence-corrected chi connectivity index (χ3v) is 10.4. The maximum atomic E-state index is 13.4. The number of nitrogens with zero attached hydrogens (tertiary/aromatic N) is 3. The van der Waals surface area contributed by atoms with Gasteiger partial charge in [0.2, 0.25) is 0 Å². The Hall–Kier alpha value is -2.01. The van der Waals surface area contributed by atoms with E-state index in [4.69, 9.17) is 0 Å². The van der Waals surface area contributed by atoms with Crippen molar-refractivity contribution in [3.05, 3.63) is 40.3 Å². The molecule has 0 N–H and O–H groups in total. The minimum Gasteiger partial charge on any atom is -0.302 e. The highest BCUT2D eigenvalue weighted by atomic mass is 16.1. The molecular weight excluding hydrogens is 422 g/mol. The van der Waals surface area contributed by atoms with Gasteiger partial charge in [0.05, 0.1) is 11.0 Å². The van der Waals surface area contributed by atoms with Crippen molar-refractivity contribution in [3.63, 3.8) is 0 Å². The first-order valence-corrected chi connectivity index (χ1v) is 13.6. The average Bonchev–Trinajstić information content (AvgIpc) is 2.81. The molecule has 3 heterocycles. The molecule has 2 aromatic rings. The van der Waals surface area contributed by atoms with Gasteiger partial charge in [-0.15, -0.1) is 0 Å². The number of rotatable bonds is 5. The Morgan fingerprint density at radius 2 is 1.76 bits per heavy atom. The number of piperidine rings is 2. The van der Waals surface area contributed by atoms with Gasteiger partial charge in [-0.25, -0.2) is 4.98 Å². The maximum absolute atomic E-state index is 13.4. The number of ketones is 1. The standard InChI is InChI=1S/C29H39N3O2/c1-18(33)27-28(34)32(26-10-5-4-9-25(26)30-27)23-16-21-7-6-8-22(17-23)31(21)14-13-19-11-12-20-15-24(19)29(20,2)3/h4-5,9-10,19-24H,6-8,11-17H2,1-3H3/t19-,20-,21-,22+,23+,24-/m0/s1. The van der Waals surface area contributed by atoms with Crippen LogP contribution in [0, 0.1) is 23.2 Å². The molecule has 6 atom stereocenters. The van der Waals surface area contributed by atoms with Gasteiger partial charge in [0.15, 0.2) is 11.5 Å². The minimum absolute atomic E-state index is 0.0880. The van der Waals surface area contributed by atoms with E-state index in [2.05, 4.69) is 23.7 Å². The molecular formula is C29H39N3O2. The van der Waals surface area contributed by atoms with Crippen molar-refractivity contribution in [2.45, 2.75) is 96.7 Å². The molecule has 5 nitrogen and oxygen atoms in total. The summed E-state index contributed by atoms with van der Waals surface area (Å²) in [5.41, 5.74) is 2.07. The zero-order valence-corrected chi connectivity index (χ0v) is 21.0.